The average Bonchev–Trinajstić information content (AvgIpc) is 2.30. The Morgan fingerprint density at radius 2 is 1.93 bits per heavy atom. The van der Waals surface area contributed by atoms with Crippen molar-refractivity contribution >= 4 is 0 Å². The molecular weight excluding hydrogens is 180 g/mol. The summed E-state index contributed by atoms with van der Waals surface area (Å²) < 4.78 is 0. The van der Waals surface area contributed by atoms with Crippen molar-refractivity contribution in [3.05, 3.63) is 24.3 Å². The van der Waals surface area contributed by atoms with E-state index in [0.717, 1.165) is 5.92 Å². The van der Waals surface area contributed by atoms with Crippen LogP contribution in [0.3, 0.4) is 0 Å². The van der Waals surface area contributed by atoms with E-state index in [1.807, 2.05) is 0 Å². The summed E-state index contributed by atoms with van der Waals surface area (Å²) in [7, 11) is 0. The molecule has 0 aliphatic heterocycles. The van der Waals surface area contributed by atoms with Gasteiger partial charge in [0.2, 0.25) is 0 Å². The average molecular weight is 206 g/mol. The maximum atomic E-state index is 4.21. The number of unbranched alkanes of at least 4 members (excludes halogenated alkanes) is 3. The second kappa shape index (κ2) is 7.73. The lowest BCUT2D eigenvalue weighted by Gasteiger charge is -2.21. The first kappa shape index (κ1) is 12.5. The highest BCUT2D eigenvalue weighted by Gasteiger charge is 2.14. The molecule has 1 aliphatic rings. The van der Waals surface area contributed by atoms with Crippen LogP contribution in [-0.2, 0) is 0 Å². The van der Waals surface area contributed by atoms with E-state index in [1.54, 1.807) is 0 Å². The number of hydrogen-bond donors (Lipinski definition) is 0. The summed E-state index contributed by atoms with van der Waals surface area (Å²) in [5.41, 5.74) is 1.38. The van der Waals surface area contributed by atoms with Gasteiger partial charge in [0.15, 0.2) is 0 Å². The smallest absolute Gasteiger partial charge is 0.0168 e. The van der Waals surface area contributed by atoms with Gasteiger partial charge in [-0.05, 0) is 31.6 Å². The normalized spacial score (nSPS) is 18.5. The van der Waals surface area contributed by atoms with Crippen molar-refractivity contribution in [1.82, 2.24) is 0 Å². The second-order valence-electron chi connectivity index (χ2n) is 4.81. The third-order valence-corrected chi connectivity index (χ3v) is 3.44. The van der Waals surface area contributed by atoms with Crippen LogP contribution in [0.15, 0.2) is 24.3 Å². The molecule has 0 aromatic carbocycles. The fraction of sp³-hybridized carbons (Fsp3) is 0.733. The Balaban J connectivity index is 2.15. The second-order valence-corrected chi connectivity index (χ2v) is 4.81. The van der Waals surface area contributed by atoms with Gasteiger partial charge in [-0.3, -0.25) is 0 Å². The Hall–Kier alpha value is -0.520. The highest BCUT2D eigenvalue weighted by molar-refractivity contribution is 5.18. The van der Waals surface area contributed by atoms with Crippen LogP contribution in [0.5, 0.6) is 0 Å². The lowest BCUT2D eigenvalue weighted by Crippen LogP contribution is -2.06. The van der Waals surface area contributed by atoms with Gasteiger partial charge < -0.3 is 0 Å². The highest BCUT2D eigenvalue weighted by Crippen LogP contribution is 2.29. The van der Waals surface area contributed by atoms with Crippen LogP contribution in [0.4, 0.5) is 0 Å². The minimum atomic E-state index is 0.793. The van der Waals surface area contributed by atoms with Crippen LogP contribution in [0.1, 0.15) is 64.7 Å². The molecule has 0 bridgehead atoms. The summed E-state index contributed by atoms with van der Waals surface area (Å²) in [4.78, 5) is 0. The maximum Gasteiger partial charge on any atom is -0.0168 e. The molecule has 1 saturated carbocycles. The molecular formula is C15H26. The molecule has 1 aliphatic carbocycles. The predicted molar refractivity (Wildman–Crippen MR) is 69.0 cm³/mol. The van der Waals surface area contributed by atoms with Crippen LogP contribution in [-0.4, -0.2) is 0 Å². The SMILES string of the molecule is C=C(/C=C/CCCCC)C1CCCCC1. The largest absolute Gasteiger partial charge is 0.0956 e. The molecule has 1 rings (SSSR count). The molecule has 0 aromatic rings. The molecule has 86 valence electrons. The van der Waals surface area contributed by atoms with Crippen molar-refractivity contribution in [2.75, 3.05) is 0 Å². The maximum absolute atomic E-state index is 4.21. The fourth-order valence-electron chi connectivity index (χ4n) is 2.36. The Labute approximate surface area is 95.5 Å². The molecule has 15 heavy (non-hydrogen) atoms. The van der Waals surface area contributed by atoms with Crippen LogP contribution in [0, 0.1) is 5.92 Å². The predicted octanol–water partition coefficient (Wildman–Crippen LogP) is 5.26. The molecule has 0 saturated heterocycles. The van der Waals surface area contributed by atoms with Gasteiger partial charge in [-0.15, -0.1) is 0 Å². The number of rotatable bonds is 6. The third kappa shape index (κ3) is 5.20. The van der Waals surface area contributed by atoms with Crippen LogP contribution in [0.2, 0.25) is 0 Å². The Morgan fingerprint density at radius 3 is 2.60 bits per heavy atom. The van der Waals surface area contributed by atoms with E-state index >= 15 is 0 Å². The molecule has 0 atom stereocenters. The Bertz CT molecular complexity index is 194. The fourth-order valence-corrected chi connectivity index (χ4v) is 2.36. The van der Waals surface area contributed by atoms with Gasteiger partial charge in [-0.25, -0.2) is 0 Å². The van der Waals surface area contributed by atoms with Crippen molar-refractivity contribution in [3.8, 4) is 0 Å². The molecule has 0 nitrogen and oxygen atoms in total. The molecule has 0 radical (unpaired) electrons. The summed E-state index contributed by atoms with van der Waals surface area (Å²) in [6.45, 7) is 6.46. The minimum Gasteiger partial charge on any atom is -0.0956 e. The summed E-state index contributed by atoms with van der Waals surface area (Å²) in [6.07, 6.45) is 16.9. The number of allylic oxidation sites excluding steroid dienone is 3. The first-order chi connectivity index (χ1) is 7.34. The van der Waals surface area contributed by atoms with Crippen molar-refractivity contribution in [3.63, 3.8) is 0 Å². The van der Waals surface area contributed by atoms with E-state index in [2.05, 4.69) is 25.7 Å². The third-order valence-electron chi connectivity index (χ3n) is 3.44. The molecule has 0 N–H and O–H groups in total. The summed E-state index contributed by atoms with van der Waals surface area (Å²) >= 11 is 0. The van der Waals surface area contributed by atoms with E-state index in [1.165, 1.54) is 63.4 Å². The van der Waals surface area contributed by atoms with Gasteiger partial charge in [0.1, 0.15) is 0 Å². The molecule has 0 unspecified atom stereocenters. The van der Waals surface area contributed by atoms with Gasteiger partial charge in [0.05, 0.1) is 0 Å². The van der Waals surface area contributed by atoms with Gasteiger partial charge in [-0.2, -0.15) is 0 Å². The molecule has 0 amide bonds. The zero-order valence-corrected chi connectivity index (χ0v) is 10.3. The molecule has 0 heteroatoms. The quantitative estimate of drug-likeness (QED) is 0.411. The van der Waals surface area contributed by atoms with E-state index < -0.39 is 0 Å². The van der Waals surface area contributed by atoms with Crippen LogP contribution >= 0.6 is 0 Å². The topological polar surface area (TPSA) is 0 Å². The highest BCUT2D eigenvalue weighted by atomic mass is 14.2. The first-order valence-corrected chi connectivity index (χ1v) is 6.70. The zero-order chi connectivity index (χ0) is 10.9. The Kier molecular flexibility index (Phi) is 6.47. The van der Waals surface area contributed by atoms with Crippen LogP contribution < -0.4 is 0 Å². The standard InChI is InChI=1S/C15H26/c1-3-4-5-6-8-11-14(2)15-12-9-7-10-13-15/h8,11,15H,2-7,9-10,12-13H2,1H3/b11-8+. The van der Waals surface area contributed by atoms with E-state index in [4.69, 9.17) is 0 Å². The van der Waals surface area contributed by atoms with Gasteiger partial charge in [-0.1, -0.05) is 63.3 Å². The number of hydrogen-bond acceptors (Lipinski definition) is 0. The van der Waals surface area contributed by atoms with Gasteiger partial charge in [0.25, 0.3) is 0 Å². The minimum absolute atomic E-state index is 0.793. The lowest BCUT2D eigenvalue weighted by atomic mass is 9.84. The Morgan fingerprint density at radius 1 is 1.20 bits per heavy atom. The van der Waals surface area contributed by atoms with Crippen molar-refractivity contribution in [2.24, 2.45) is 5.92 Å². The van der Waals surface area contributed by atoms with E-state index in [0.29, 0.717) is 0 Å². The molecule has 1 fully saturated rings. The summed E-state index contributed by atoms with van der Waals surface area (Å²) in [6, 6.07) is 0. The molecule has 0 spiro atoms. The van der Waals surface area contributed by atoms with Gasteiger partial charge in [0, 0.05) is 0 Å². The summed E-state index contributed by atoms with van der Waals surface area (Å²) in [5, 5.41) is 0. The molecule has 0 heterocycles. The van der Waals surface area contributed by atoms with Crippen molar-refractivity contribution in [1.29, 1.82) is 0 Å². The van der Waals surface area contributed by atoms with Crippen molar-refractivity contribution < 1.29 is 0 Å². The molecule has 0 aromatic heterocycles. The lowest BCUT2D eigenvalue weighted by molar-refractivity contribution is 0.409. The zero-order valence-electron chi connectivity index (χ0n) is 10.3. The first-order valence-electron chi connectivity index (χ1n) is 6.70. The van der Waals surface area contributed by atoms with Gasteiger partial charge >= 0.3 is 0 Å². The van der Waals surface area contributed by atoms with Crippen LogP contribution in [0.25, 0.3) is 0 Å². The monoisotopic (exact) mass is 206 g/mol. The van der Waals surface area contributed by atoms with Crippen molar-refractivity contribution in [2.45, 2.75) is 64.7 Å². The summed E-state index contributed by atoms with van der Waals surface area (Å²) in [5.74, 6) is 0.793. The van der Waals surface area contributed by atoms with E-state index in [9.17, 15) is 0 Å². The van der Waals surface area contributed by atoms with E-state index in [-0.39, 0.29) is 0 Å².